The second-order valence-electron chi connectivity index (χ2n) is 4.08. The number of rotatable bonds is 6. The highest BCUT2D eigenvalue weighted by molar-refractivity contribution is 5.44. The van der Waals surface area contributed by atoms with Crippen molar-refractivity contribution in [2.45, 2.75) is 60.8 Å². The van der Waals surface area contributed by atoms with Gasteiger partial charge in [-0.25, -0.2) is 0 Å². The van der Waals surface area contributed by atoms with Crippen molar-refractivity contribution in [2.75, 3.05) is 13.6 Å². The first-order valence-corrected chi connectivity index (χ1v) is 6.66. The molecule has 0 bridgehead atoms. The van der Waals surface area contributed by atoms with E-state index in [-0.39, 0.29) is 0 Å². The Morgan fingerprint density at radius 3 is 1.94 bits per heavy atom. The molecule has 0 saturated carbocycles. The number of nitrogens with one attached hydrogen (secondary N) is 1. The zero-order valence-corrected chi connectivity index (χ0v) is 12.5. The molecule has 0 radical (unpaired) electrons. The van der Waals surface area contributed by atoms with Gasteiger partial charge in [0.05, 0.1) is 0 Å². The molecule has 0 aliphatic rings. The molecule has 2 nitrogen and oxygen atoms in total. The molecule has 1 N–H and O–H groups in total. The summed E-state index contributed by atoms with van der Waals surface area (Å²) in [6, 6.07) is 0. The highest BCUT2D eigenvalue weighted by Crippen LogP contribution is 2.15. The second kappa shape index (κ2) is 20.1. The van der Waals surface area contributed by atoms with Crippen LogP contribution in [0.5, 0.6) is 0 Å². The molecule has 0 aromatic heterocycles. The Balaban J connectivity index is -0.000000289. The van der Waals surface area contributed by atoms with Crippen LogP contribution >= 0.6 is 0 Å². The Morgan fingerprint density at radius 1 is 1.25 bits per heavy atom. The van der Waals surface area contributed by atoms with Gasteiger partial charge in [0.2, 0.25) is 0 Å². The molecule has 0 aliphatic heterocycles. The fourth-order valence-corrected chi connectivity index (χ4v) is 1.67. The first-order valence-electron chi connectivity index (χ1n) is 6.66. The van der Waals surface area contributed by atoms with Gasteiger partial charge in [0.25, 0.3) is 0 Å². The molecule has 0 fully saturated rings. The number of hydrogen-bond acceptors (Lipinski definition) is 2. The number of carbonyl (C=O) groups excluding carboxylic acids is 1. The van der Waals surface area contributed by atoms with Crippen molar-refractivity contribution in [3.8, 4) is 0 Å². The second-order valence-corrected chi connectivity index (χ2v) is 4.08. The van der Waals surface area contributed by atoms with Gasteiger partial charge in [-0.05, 0) is 45.2 Å². The van der Waals surface area contributed by atoms with Gasteiger partial charge in [0, 0.05) is 0 Å². The predicted octanol–water partition coefficient (Wildman–Crippen LogP) is 3.90. The van der Waals surface area contributed by atoms with E-state index in [0.717, 1.165) is 18.1 Å². The van der Waals surface area contributed by atoms with Crippen molar-refractivity contribution in [3.63, 3.8) is 0 Å². The molecule has 0 rings (SSSR count). The van der Waals surface area contributed by atoms with Crippen LogP contribution in [-0.4, -0.2) is 19.9 Å². The molecule has 0 spiro atoms. The van der Waals surface area contributed by atoms with E-state index in [1.54, 1.807) is 0 Å². The van der Waals surface area contributed by atoms with E-state index in [0.29, 0.717) is 0 Å². The first-order chi connectivity index (χ1) is 7.62. The average Bonchev–Trinajstić information content (AvgIpc) is 2.22. The lowest BCUT2D eigenvalue weighted by atomic mass is 9.93. The van der Waals surface area contributed by atoms with Gasteiger partial charge in [-0.1, -0.05) is 41.0 Å². The fourth-order valence-electron chi connectivity index (χ4n) is 1.67. The molecule has 0 aromatic rings. The minimum absolute atomic E-state index is 0.750. The van der Waals surface area contributed by atoms with Crippen LogP contribution in [0.2, 0.25) is 0 Å². The van der Waals surface area contributed by atoms with Gasteiger partial charge >= 0.3 is 0 Å². The van der Waals surface area contributed by atoms with Crippen molar-refractivity contribution in [1.29, 1.82) is 0 Å². The van der Waals surface area contributed by atoms with Crippen LogP contribution in [0.1, 0.15) is 60.8 Å². The SMILES string of the molecule is CC.CC=O.CCCC(CNC)CC(C)C. The molecule has 2 heteroatoms. The van der Waals surface area contributed by atoms with Crippen molar-refractivity contribution in [1.82, 2.24) is 5.32 Å². The predicted molar refractivity (Wildman–Crippen MR) is 74.9 cm³/mol. The summed E-state index contributed by atoms with van der Waals surface area (Å²) < 4.78 is 0. The smallest absolute Gasteiger partial charge is 0.116 e. The van der Waals surface area contributed by atoms with E-state index in [1.807, 2.05) is 20.9 Å². The minimum Gasteiger partial charge on any atom is -0.319 e. The fraction of sp³-hybridized carbons (Fsp3) is 0.929. The molecule has 16 heavy (non-hydrogen) atoms. The molecular weight excluding hydrogens is 198 g/mol. The minimum atomic E-state index is 0.750. The third-order valence-corrected chi connectivity index (χ3v) is 1.99. The molecule has 0 aliphatic carbocycles. The third kappa shape index (κ3) is 23.4. The van der Waals surface area contributed by atoms with E-state index < -0.39 is 0 Å². The van der Waals surface area contributed by atoms with Crippen LogP contribution in [0, 0.1) is 11.8 Å². The maximum absolute atomic E-state index is 8.81. The van der Waals surface area contributed by atoms with E-state index in [4.69, 9.17) is 4.79 Å². The molecular formula is C14H33NO. The first kappa shape index (κ1) is 21.0. The number of aldehydes is 1. The van der Waals surface area contributed by atoms with Gasteiger partial charge in [0.15, 0.2) is 0 Å². The van der Waals surface area contributed by atoms with E-state index >= 15 is 0 Å². The summed E-state index contributed by atoms with van der Waals surface area (Å²) >= 11 is 0. The van der Waals surface area contributed by atoms with Gasteiger partial charge in [-0.2, -0.15) is 0 Å². The molecule has 0 saturated heterocycles. The summed E-state index contributed by atoms with van der Waals surface area (Å²) in [4.78, 5) is 8.81. The van der Waals surface area contributed by atoms with Crippen LogP contribution in [0.4, 0.5) is 0 Å². The summed E-state index contributed by atoms with van der Waals surface area (Å²) in [6.07, 6.45) is 4.81. The van der Waals surface area contributed by atoms with E-state index in [9.17, 15) is 0 Å². The summed E-state index contributed by atoms with van der Waals surface area (Å²) in [7, 11) is 2.04. The average molecular weight is 231 g/mol. The Labute approximate surface area is 103 Å². The third-order valence-electron chi connectivity index (χ3n) is 1.99. The Bertz CT molecular complexity index is 107. The molecule has 100 valence electrons. The maximum atomic E-state index is 8.81. The van der Waals surface area contributed by atoms with Crippen LogP contribution in [-0.2, 0) is 4.79 Å². The van der Waals surface area contributed by atoms with Crippen LogP contribution in [0.15, 0.2) is 0 Å². The van der Waals surface area contributed by atoms with Crippen molar-refractivity contribution in [3.05, 3.63) is 0 Å². The largest absolute Gasteiger partial charge is 0.319 e. The van der Waals surface area contributed by atoms with Gasteiger partial charge in [0.1, 0.15) is 6.29 Å². The van der Waals surface area contributed by atoms with Crippen molar-refractivity contribution >= 4 is 6.29 Å². The zero-order valence-electron chi connectivity index (χ0n) is 12.5. The van der Waals surface area contributed by atoms with Crippen LogP contribution in [0.3, 0.4) is 0 Å². The van der Waals surface area contributed by atoms with E-state index in [1.165, 1.54) is 32.7 Å². The molecule has 0 amide bonds. The quantitative estimate of drug-likeness (QED) is 0.702. The van der Waals surface area contributed by atoms with Gasteiger partial charge in [-0.3, -0.25) is 0 Å². The van der Waals surface area contributed by atoms with Gasteiger partial charge in [-0.15, -0.1) is 0 Å². The maximum Gasteiger partial charge on any atom is 0.116 e. The standard InChI is InChI=1S/C10H23N.C2H4O.C2H6/c1-5-6-10(8-11-4)7-9(2)3;1-2-3;1-2/h9-11H,5-8H2,1-4H3;2H,1H3;1-2H3. The Kier molecular flexibility index (Phi) is 26.3. The molecule has 0 aromatic carbocycles. The van der Waals surface area contributed by atoms with Crippen LogP contribution in [0.25, 0.3) is 0 Å². The van der Waals surface area contributed by atoms with E-state index in [2.05, 4.69) is 26.1 Å². The number of carbonyl (C=O) groups is 1. The Hall–Kier alpha value is -0.370. The summed E-state index contributed by atoms with van der Waals surface area (Å²) in [5.41, 5.74) is 0. The summed E-state index contributed by atoms with van der Waals surface area (Å²) in [6.45, 7) is 13.5. The van der Waals surface area contributed by atoms with Crippen molar-refractivity contribution in [2.24, 2.45) is 11.8 Å². The molecule has 1 unspecified atom stereocenters. The summed E-state index contributed by atoms with van der Waals surface area (Å²) in [5.74, 6) is 1.74. The molecule has 0 heterocycles. The molecule has 1 atom stereocenters. The van der Waals surface area contributed by atoms with Crippen LogP contribution < -0.4 is 5.32 Å². The lowest BCUT2D eigenvalue weighted by Gasteiger charge is -2.17. The monoisotopic (exact) mass is 231 g/mol. The highest BCUT2D eigenvalue weighted by Gasteiger charge is 2.07. The topological polar surface area (TPSA) is 29.1 Å². The number of hydrogen-bond donors (Lipinski definition) is 1. The highest BCUT2D eigenvalue weighted by atomic mass is 16.1. The van der Waals surface area contributed by atoms with Crippen molar-refractivity contribution < 1.29 is 4.79 Å². The lowest BCUT2D eigenvalue weighted by molar-refractivity contribution is -0.106. The normalized spacial score (nSPS) is 10.8. The lowest BCUT2D eigenvalue weighted by Crippen LogP contribution is -2.20. The van der Waals surface area contributed by atoms with Gasteiger partial charge < -0.3 is 10.1 Å². The summed E-state index contributed by atoms with van der Waals surface area (Å²) in [5, 5.41) is 3.26. The Morgan fingerprint density at radius 2 is 1.69 bits per heavy atom. The zero-order chi connectivity index (χ0) is 13.4.